The molecule has 4 nitrogen and oxygen atoms in total. The molecule has 0 fully saturated rings. The fourth-order valence-corrected chi connectivity index (χ4v) is 8.69. The first-order valence-corrected chi connectivity index (χ1v) is 21.9. The van der Waals surface area contributed by atoms with Gasteiger partial charge in [-0.2, -0.15) is 4.37 Å². The number of unbranched alkanes of at least 4 members (excludes halogenated alkanes) is 22. The first-order chi connectivity index (χ1) is 24.0. The van der Waals surface area contributed by atoms with Crippen molar-refractivity contribution in [3.05, 3.63) is 56.7 Å². The van der Waals surface area contributed by atoms with Crippen molar-refractivity contribution in [3.63, 3.8) is 0 Å². The summed E-state index contributed by atoms with van der Waals surface area (Å²) in [5.41, 5.74) is 2.43. The number of thioether (sulfide) groups is 1. The highest BCUT2D eigenvalue weighted by atomic mass is 32.2. The summed E-state index contributed by atoms with van der Waals surface area (Å²) in [5, 5.41) is 14.2. The molecule has 3 rings (SSSR count). The van der Waals surface area contributed by atoms with E-state index in [-0.39, 0.29) is 11.5 Å². The van der Waals surface area contributed by atoms with E-state index in [1.54, 1.807) is 17.8 Å². The van der Waals surface area contributed by atoms with Gasteiger partial charge in [0.25, 0.3) is 0 Å². The van der Waals surface area contributed by atoms with Crippen molar-refractivity contribution in [1.82, 2.24) is 4.37 Å². The molecule has 274 valence electrons. The second-order valence-corrected chi connectivity index (χ2v) is 16.3. The SMILES string of the molecule is CCCCCCCCCCCCCC[N+](CCCCCCCCCCCCCC)=C1C=C/C(=C/C=C2/C(=O)C(c3snc(C)c3C)=C2[O-])S1. The lowest BCUT2D eigenvalue weighted by atomic mass is 9.85. The molecule has 0 saturated heterocycles. The maximum atomic E-state index is 12.9. The van der Waals surface area contributed by atoms with E-state index in [0.29, 0.717) is 11.1 Å². The Bertz CT molecular complexity index is 1250. The number of ketones is 1. The number of rotatable bonds is 28. The summed E-state index contributed by atoms with van der Waals surface area (Å²) in [6, 6.07) is 0. The van der Waals surface area contributed by atoms with E-state index in [0.717, 1.165) is 34.1 Å². The maximum absolute atomic E-state index is 12.9. The number of carbonyl (C=O) groups is 1. The number of hydrogen-bond donors (Lipinski definition) is 0. The number of aromatic nitrogens is 1. The maximum Gasteiger partial charge on any atom is 0.239 e. The van der Waals surface area contributed by atoms with Gasteiger partial charge in [0.2, 0.25) is 5.04 Å². The second-order valence-electron chi connectivity index (χ2n) is 14.4. The first kappa shape index (κ1) is 41.5. The molecule has 49 heavy (non-hydrogen) atoms. The van der Waals surface area contributed by atoms with Crippen molar-refractivity contribution in [1.29, 1.82) is 0 Å². The Labute approximate surface area is 308 Å². The fraction of sp³-hybridized carbons (Fsp3) is 0.698. The third-order valence-corrected chi connectivity index (χ3v) is 12.4. The third kappa shape index (κ3) is 15.1. The van der Waals surface area contributed by atoms with Crippen LogP contribution in [0.3, 0.4) is 0 Å². The quantitative estimate of drug-likeness (QED) is 0.0494. The van der Waals surface area contributed by atoms with Gasteiger partial charge in [0.1, 0.15) is 13.1 Å². The van der Waals surface area contributed by atoms with Crippen molar-refractivity contribution in [3.8, 4) is 0 Å². The molecule has 0 bridgehead atoms. The van der Waals surface area contributed by atoms with Crippen molar-refractivity contribution < 1.29 is 14.5 Å². The molecule has 2 heterocycles. The minimum absolute atomic E-state index is 0.148. The van der Waals surface area contributed by atoms with E-state index in [9.17, 15) is 9.90 Å². The minimum atomic E-state index is -0.148. The molecule has 0 saturated carbocycles. The molecule has 0 amide bonds. The molecule has 0 radical (unpaired) electrons. The first-order valence-electron chi connectivity index (χ1n) is 20.3. The van der Waals surface area contributed by atoms with Crippen LogP contribution >= 0.6 is 23.3 Å². The predicted molar refractivity (Wildman–Crippen MR) is 214 cm³/mol. The predicted octanol–water partition coefficient (Wildman–Crippen LogP) is 12.3. The molecular formula is C43H68N2O2S2. The Morgan fingerprint density at radius 2 is 1.10 bits per heavy atom. The van der Waals surface area contributed by atoms with Crippen LogP contribution in [0.2, 0.25) is 0 Å². The second kappa shape index (κ2) is 25.1. The number of allylic oxidation sites excluding steroid dienone is 5. The summed E-state index contributed by atoms with van der Waals surface area (Å²) in [7, 11) is 0. The number of aryl methyl sites for hydroxylation is 1. The summed E-state index contributed by atoms with van der Waals surface area (Å²) in [6.07, 6.45) is 41.0. The smallest absolute Gasteiger partial charge is 0.239 e. The van der Waals surface area contributed by atoms with Crippen LogP contribution in [0, 0.1) is 13.8 Å². The highest BCUT2D eigenvalue weighted by molar-refractivity contribution is 8.18. The van der Waals surface area contributed by atoms with Crippen LogP contribution in [0.4, 0.5) is 0 Å². The standard InChI is InChI=1S/C43H68N2O2S2/c1-5-7-9-11-13-15-17-19-21-23-25-27-33-45(34-28-26-24-22-20-18-16-14-12-10-8-6-2)39-32-30-37(48-39)29-31-38-41(46)40(42(38)47)43-35(3)36(4)44-49-43/h29-32H,5-28,33-34H2,1-4H3/b37-29-. The topological polar surface area (TPSA) is 56.0 Å². The highest BCUT2D eigenvalue weighted by Crippen LogP contribution is 2.39. The molecule has 0 N–H and O–H groups in total. The summed E-state index contributed by atoms with van der Waals surface area (Å²) in [5.74, 6) is -0.296. The Hall–Kier alpha value is -1.92. The largest absolute Gasteiger partial charge is 0.871 e. The van der Waals surface area contributed by atoms with E-state index in [1.165, 1.54) is 171 Å². The zero-order valence-electron chi connectivity index (χ0n) is 31.7. The zero-order chi connectivity index (χ0) is 35.1. The average Bonchev–Trinajstić information content (AvgIpc) is 3.70. The fourth-order valence-electron chi connectivity index (χ4n) is 6.81. The lowest BCUT2D eigenvalue weighted by molar-refractivity contribution is -0.525. The van der Waals surface area contributed by atoms with E-state index >= 15 is 0 Å². The molecule has 1 aromatic heterocycles. The molecular weight excluding hydrogens is 641 g/mol. The van der Waals surface area contributed by atoms with Crippen LogP contribution in [-0.2, 0) is 4.79 Å². The zero-order valence-corrected chi connectivity index (χ0v) is 33.4. The van der Waals surface area contributed by atoms with Gasteiger partial charge in [-0.05, 0) is 67.7 Å². The average molecular weight is 709 g/mol. The molecule has 0 unspecified atom stereocenters. The molecule has 1 aromatic rings. The monoisotopic (exact) mass is 708 g/mol. The van der Waals surface area contributed by atoms with Crippen molar-refractivity contribution in [2.24, 2.45) is 0 Å². The Kier molecular flexibility index (Phi) is 21.3. The van der Waals surface area contributed by atoms with Crippen molar-refractivity contribution >= 4 is 39.7 Å². The van der Waals surface area contributed by atoms with Crippen LogP contribution in [0.25, 0.3) is 5.57 Å². The van der Waals surface area contributed by atoms with Crippen molar-refractivity contribution in [2.45, 2.75) is 182 Å². The molecule has 2 aliphatic rings. The Morgan fingerprint density at radius 1 is 0.653 bits per heavy atom. The highest BCUT2D eigenvalue weighted by Gasteiger charge is 2.30. The summed E-state index contributed by atoms with van der Waals surface area (Å²) in [6.45, 7) is 10.7. The number of hydrogen-bond acceptors (Lipinski definition) is 5. The number of nitrogens with zero attached hydrogens (tertiary/aromatic N) is 2. The molecule has 0 spiro atoms. The summed E-state index contributed by atoms with van der Waals surface area (Å²) >= 11 is 3.03. The van der Waals surface area contributed by atoms with Gasteiger partial charge in [-0.1, -0.05) is 154 Å². The summed E-state index contributed by atoms with van der Waals surface area (Å²) < 4.78 is 6.92. The van der Waals surface area contributed by atoms with Crippen molar-refractivity contribution in [2.75, 3.05) is 13.1 Å². The lowest BCUT2D eigenvalue weighted by Gasteiger charge is -2.29. The summed E-state index contributed by atoms with van der Waals surface area (Å²) in [4.78, 5) is 14.7. The van der Waals surface area contributed by atoms with Crippen LogP contribution in [0.15, 0.2) is 40.5 Å². The van der Waals surface area contributed by atoms with Gasteiger partial charge >= 0.3 is 0 Å². The van der Waals surface area contributed by atoms with Crippen LogP contribution in [-0.4, -0.2) is 32.9 Å². The van der Waals surface area contributed by atoms with Gasteiger partial charge in [-0.25, -0.2) is 4.58 Å². The Morgan fingerprint density at radius 3 is 1.51 bits per heavy atom. The van der Waals surface area contributed by atoms with E-state index < -0.39 is 0 Å². The van der Waals surface area contributed by atoms with Crippen LogP contribution < -0.4 is 5.11 Å². The third-order valence-electron chi connectivity index (χ3n) is 10.2. The Balaban J connectivity index is 1.45. The van der Waals surface area contributed by atoms with Gasteiger partial charge in [0, 0.05) is 35.0 Å². The molecule has 6 heteroatoms. The van der Waals surface area contributed by atoms with E-state index in [4.69, 9.17) is 0 Å². The number of carbonyl (C=O) groups excluding carboxylic acids is 1. The van der Waals surface area contributed by atoms with Gasteiger partial charge in [0.15, 0.2) is 5.78 Å². The molecule has 1 aliphatic carbocycles. The minimum Gasteiger partial charge on any atom is -0.871 e. The molecule has 0 atom stereocenters. The lowest BCUT2D eigenvalue weighted by Crippen LogP contribution is -2.28. The van der Waals surface area contributed by atoms with Gasteiger partial charge in [0.05, 0.1) is 10.6 Å². The van der Waals surface area contributed by atoms with E-state index in [1.807, 2.05) is 19.9 Å². The van der Waals surface area contributed by atoms with E-state index in [2.05, 4.69) is 34.9 Å². The van der Waals surface area contributed by atoms with Crippen LogP contribution in [0.5, 0.6) is 0 Å². The molecule has 1 aliphatic heterocycles. The van der Waals surface area contributed by atoms with Gasteiger partial charge < -0.3 is 5.11 Å². The van der Waals surface area contributed by atoms with Gasteiger partial charge in [-0.15, -0.1) is 0 Å². The number of Topliss-reactive ketones (excluding diaryl/α,β-unsaturated/α-hetero) is 1. The normalized spacial score (nSPS) is 16.2. The van der Waals surface area contributed by atoms with Gasteiger partial charge in [-0.3, -0.25) is 4.79 Å². The van der Waals surface area contributed by atoms with Crippen LogP contribution in [0.1, 0.15) is 184 Å². The molecule has 0 aromatic carbocycles.